The van der Waals surface area contributed by atoms with Crippen molar-refractivity contribution in [1.82, 2.24) is 15.1 Å². The molecule has 0 aliphatic carbocycles. The van der Waals surface area contributed by atoms with Crippen LogP contribution >= 0.6 is 22.9 Å². The predicted octanol–water partition coefficient (Wildman–Crippen LogP) is 4.47. The van der Waals surface area contributed by atoms with Crippen LogP contribution in [0.25, 0.3) is 0 Å². The van der Waals surface area contributed by atoms with E-state index in [4.69, 9.17) is 11.6 Å². The van der Waals surface area contributed by atoms with Gasteiger partial charge in [-0.3, -0.25) is 9.59 Å². The van der Waals surface area contributed by atoms with Crippen molar-refractivity contribution in [2.24, 2.45) is 0 Å². The van der Waals surface area contributed by atoms with Gasteiger partial charge in [0.2, 0.25) is 0 Å². The molecule has 1 saturated heterocycles. The molecule has 3 aromatic rings. The number of thiophene rings is 1. The number of fused-ring (bicyclic) bond motifs is 1. The number of nitrogens with zero attached hydrogens (tertiary/aromatic N) is 2. The average Bonchev–Trinajstić information content (AvgIpc) is 3.43. The number of halogens is 1. The lowest BCUT2D eigenvalue weighted by Gasteiger charge is -2.19. The van der Waals surface area contributed by atoms with E-state index < -0.39 is 0 Å². The summed E-state index contributed by atoms with van der Waals surface area (Å²) in [5.41, 5.74) is 4.46. The molecule has 7 heteroatoms. The number of carbonyl (C=O) groups excluding carboxylic acids is 2. The Bertz CT molecular complexity index is 1200. The first kappa shape index (κ1) is 23.1. The Morgan fingerprint density at radius 1 is 0.971 bits per heavy atom. The number of rotatable bonds is 4. The molecule has 2 aliphatic rings. The second-order valence-electron chi connectivity index (χ2n) is 9.20. The molecule has 34 heavy (non-hydrogen) atoms. The van der Waals surface area contributed by atoms with E-state index in [-0.39, 0.29) is 23.8 Å². The van der Waals surface area contributed by atoms with Crippen LogP contribution in [0.5, 0.6) is 0 Å². The Kier molecular flexibility index (Phi) is 6.73. The SMILES string of the molecule is CN1CCc2ccc(C(=O)N3C[C@H](NC(=O)c4ccc(Cl)s4)[C@@H](c4ccccc4)C3)cc2CC1. The Morgan fingerprint density at radius 3 is 2.47 bits per heavy atom. The molecule has 0 spiro atoms. The van der Waals surface area contributed by atoms with Crippen LogP contribution in [0.1, 0.15) is 42.6 Å². The Morgan fingerprint density at radius 2 is 1.74 bits per heavy atom. The first-order chi connectivity index (χ1) is 16.5. The zero-order valence-electron chi connectivity index (χ0n) is 19.2. The number of benzene rings is 2. The Balaban J connectivity index is 1.37. The summed E-state index contributed by atoms with van der Waals surface area (Å²) in [6.07, 6.45) is 1.97. The number of carbonyl (C=O) groups is 2. The number of hydrogen-bond acceptors (Lipinski definition) is 4. The van der Waals surface area contributed by atoms with Gasteiger partial charge in [-0.2, -0.15) is 0 Å². The van der Waals surface area contributed by atoms with Crippen molar-refractivity contribution in [3.63, 3.8) is 0 Å². The van der Waals surface area contributed by atoms with Crippen LogP contribution in [-0.4, -0.2) is 60.9 Å². The van der Waals surface area contributed by atoms with Crippen LogP contribution in [0.4, 0.5) is 0 Å². The Labute approximate surface area is 209 Å². The summed E-state index contributed by atoms with van der Waals surface area (Å²) >= 11 is 7.29. The van der Waals surface area contributed by atoms with E-state index in [9.17, 15) is 9.59 Å². The van der Waals surface area contributed by atoms with Crippen LogP contribution in [0.3, 0.4) is 0 Å². The van der Waals surface area contributed by atoms with Crippen molar-refractivity contribution < 1.29 is 9.59 Å². The van der Waals surface area contributed by atoms with Gasteiger partial charge in [-0.05, 0) is 60.8 Å². The quantitative estimate of drug-likeness (QED) is 0.583. The molecule has 2 amide bonds. The fourth-order valence-electron chi connectivity index (χ4n) is 4.98. The molecule has 0 radical (unpaired) electrons. The first-order valence-corrected chi connectivity index (χ1v) is 12.9. The van der Waals surface area contributed by atoms with E-state index in [0.717, 1.165) is 37.1 Å². The number of likely N-dealkylation sites (tertiary alicyclic amines) is 1. The lowest BCUT2D eigenvalue weighted by Crippen LogP contribution is -2.40. The smallest absolute Gasteiger partial charge is 0.261 e. The zero-order chi connectivity index (χ0) is 23.7. The zero-order valence-corrected chi connectivity index (χ0v) is 20.7. The molecule has 3 heterocycles. The molecule has 0 bridgehead atoms. The molecular weight excluding hydrogens is 466 g/mol. The summed E-state index contributed by atoms with van der Waals surface area (Å²) in [5, 5.41) is 3.17. The molecule has 2 aromatic carbocycles. The van der Waals surface area contributed by atoms with Crippen molar-refractivity contribution in [2.75, 3.05) is 33.2 Å². The summed E-state index contributed by atoms with van der Waals surface area (Å²) in [7, 11) is 2.14. The highest BCUT2D eigenvalue weighted by molar-refractivity contribution is 7.18. The molecule has 1 fully saturated rings. The van der Waals surface area contributed by atoms with Gasteiger partial charge in [0.25, 0.3) is 11.8 Å². The van der Waals surface area contributed by atoms with Gasteiger partial charge in [0, 0.05) is 37.7 Å². The lowest BCUT2D eigenvalue weighted by molar-refractivity contribution is 0.0782. The topological polar surface area (TPSA) is 52.7 Å². The maximum Gasteiger partial charge on any atom is 0.261 e. The highest BCUT2D eigenvalue weighted by Crippen LogP contribution is 2.30. The molecular formula is C27H28ClN3O2S. The van der Waals surface area contributed by atoms with Crippen molar-refractivity contribution >= 4 is 34.8 Å². The molecule has 0 unspecified atom stereocenters. The van der Waals surface area contributed by atoms with Crippen LogP contribution in [0.15, 0.2) is 60.7 Å². The molecule has 1 aromatic heterocycles. The van der Waals surface area contributed by atoms with Gasteiger partial charge in [-0.15, -0.1) is 11.3 Å². The van der Waals surface area contributed by atoms with E-state index >= 15 is 0 Å². The number of likely N-dealkylation sites (N-methyl/N-ethyl adjacent to an activating group) is 1. The summed E-state index contributed by atoms with van der Waals surface area (Å²) in [6.45, 7) is 3.09. The van der Waals surface area contributed by atoms with Crippen molar-refractivity contribution in [1.29, 1.82) is 0 Å². The van der Waals surface area contributed by atoms with Gasteiger partial charge in [-0.1, -0.05) is 48.0 Å². The third-order valence-corrected chi connectivity index (χ3v) is 8.16. The molecule has 5 nitrogen and oxygen atoms in total. The van der Waals surface area contributed by atoms with Gasteiger partial charge in [-0.25, -0.2) is 0 Å². The van der Waals surface area contributed by atoms with E-state index in [2.05, 4.69) is 41.5 Å². The standard InChI is InChI=1S/C27H28ClN3O2S/c1-30-13-11-18-7-8-21(15-20(18)12-14-30)27(33)31-16-22(19-5-3-2-4-6-19)23(17-31)29-26(32)24-9-10-25(28)34-24/h2-10,15,22-23H,11-14,16-17H2,1H3,(H,29,32)/t22-,23+/m1/s1. The third kappa shape index (κ3) is 4.90. The molecule has 5 rings (SSSR count). The third-order valence-electron chi connectivity index (χ3n) is 6.93. The van der Waals surface area contributed by atoms with Gasteiger partial charge in [0.1, 0.15) is 0 Å². The predicted molar refractivity (Wildman–Crippen MR) is 137 cm³/mol. The number of nitrogens with one attached hydrogen (secondary N) is 1. The average molecular weight is 494 g/mol. The second-order valence-corrected chi connectivity index (χ2v) is 10.9. The van der Waals surface area contributed by atoms with E-state index in [1.807, 2.05) is 29.2 Å². The molecule has 2 atom stereocenters. The van der Waals surface area contributed by atoms with E-state index in [1.54, 1.807) is 12.1 Å². The maximum atomic E-state index is 13.6. The highest BCUT2D eigenvalue weighted by atomic mass is 35.5. The summed E-state index contributed by atoms with van der Waals surface area (Å²) in [4.78, 5) is 31.2. The lowest BCUT2D eigenvalue weighted by atomic mass is 9.94. The van der Waals surface area contributed by atoms with E-state index in [1.165, 1.54) is 22.5 Å². The van der Waals surface area contributed by atoms with Gasteiger partial charge in [0.05, 0.1) is 15.3 Å². The largest absolute Gasteiger partial charge is 0.346 e. The molecule has 176 valence electrons. The van der Waals surface area contributed by atoms with Gasteiger partial charge in [0.15, 0.2) is 0 Å². The minimum atomic E-state index is -0.172. The maximum absolute atomic E-state index is 13.6. The molecule has 1 N–H and O–H groups in total. The van der Waals surface area contributed by atoms with Gasteiger partial charge < -0.3 is 15.1 Å². The minimum absolute atomic E-state index is 0.0252. The Hall–Kier alpha value is -2.67. The van der Waals surface area contributed by atoms with Crippen molar-refractivity contribution in [3.8, 4) is 0 Å². The van der Waals surface area contributed by atoms with Crippen LogP contribution < -0.4 is 5.32 Å². The van der Waals surface area contributed by atoms with Crippen LogP contribution in [0.2, 0.25) is 4.34 Å². The highest BCUT2D eigenvalue weighted by Gasteiger charge is 2.37. The van der Waals surface area contributed by atoms with Crippen LogP contribution in [-0.2, 0) is 12.8 Å². The summed E-state index contributed by atoms with van der Waals surface area (Å²) < 4.78 is 0.586. The second kappa shape index (κ2) is 9.90. The summed E-state index contributed by atoms with van der Waals surface area (Å²) in [5.74, 6) is -0.0949. The van der Waals surface area contributed by atoms with Crippen molar-refractivity contribution in [2.45, 2.75) is 24.8 Å². The first-order valence-electron chi connectivity index (χ1n) is 11.7. The minimum Gasteiger partial charge on any atom is -0.346 e. The normalized spacial score (nSPS) is 20.6. The van der Waals surface area contributed by atoms with Crippen LogP contribution in [0, 0.1) is 0 Å². The molecule has 2 aliphatic heterocycles. The monoisotopic (exact) mass is 493 g/mol. The number of hydrogen-bond donors (Lipinski definition) is 1. The molecule has 0 saturated carbocycles. The fourth-order valence-corrected chi connectivity index (χ4v) is 5.93. The fraction of sp³-hybridized carbons (Fsp3) is 0.333. The van der Waals surface area contributed by atoms with Gasteiger partial charge >= 0.3 is 0 Å². The van der Waals surface area contributed by atoms with E-state index in [0.29, 0.717) is 22.3 Å². The van der Waals surface area contributed by atoms with Crippen molar-refractivity contribution in [3.05, 3.63) is 92.1 Å². The number of amides is 2. The summed E-state index contributed by atoms with van der Waals surface area (Å²) in [6, 6.07) is 19.6.